The minimum atomic E-state index is -2.15. The van der Waals surface area contributed by atoms with Crippen LogP contribution in [-0.2, 0) is 9.53 Å². The lowest BCUT2D eigenvalue weighted by molar-refractivity contribution is -0.458. The van der Waals surface area contributed by atoms with Crippen LogP contribution in [0.2, 0.25) is 0 Å². The third kappa shape index (κ3) is 1.41. The van der Waals surface area contributed by atoms with Crippen LogP contribution in [0.15, 0.2) is 12.2 Å². The number of carbonyl (C=O) groups is 1. The van der Waals surface area contributed by atoms with Crippen LogP contribution in [0.5, 0.6) is 0 Å². The second-order valence-electron chi connectivity index (χ2n) is 9.97. The Bertz CT molecular complexity index is 717. The molecule has 0 radical (unpaired) electrons. The van der Waals surface area contributed by atoms with Gasteiger partial charge in [0.15, 0.2) is 5.78 Å². The number of ketones is 1. The van der Waals surface area contributed by atoms with Crippen molar-refractivity contribution >= 4 is 5.78 Å². The zero-order valence-corrected chi connectivity index (χ0v) is 15.3. The molecule has 2 aliphatic heterocycles. The molecule has 0 amide bonds. The molecular weight excluding hydrogens is 336 g/mol. The summed E-state index contributed by atoms with van der Waals surface area (Å²) >= 11 is 0. The zero-order chi connectivity index (χ0) is 18.9. The Kier molecular flexibility index (Phi) is 3.07. The maximum absolute atomic E-state index is 13.3. The Hall–Kier alpha value is -0.790. The fourth-order valence-electron chi connectivity index (χ4n) is 7.90. The maximum atomic E-state index is 13.3. The SMILES string of the molecule is C=C1C(=O)C23C(CC[C@@H]1[C@H]2O)[C@@]12COC3(O)[C@@H](O)[C@@H]1C(C)(C)CC[C@@H]2O. The minimum Gasteiger partial charge on any atom is -0.392 e. The van der Waals surface area contributed by atoms with E-state index in [2.05, 4.69) is 6.58 Å². The number of carbonyl (C=O) groups excluding carboxylic acids is 1. The van der Waals surface area contributed by atoms with Crippen molar-refractivity contribution in [2.75, 3.05) is 6.61 Å². The van der Waals surface area contributed by atoms with Crippen LogP contribution >= 0.6 is 0 Å². The van der Waals surface area contributed by atoms with E-state index < -0.39 is 58.5 Å². The van der Waals surface area contributed by atoms with E-state index in [1.54, 1.807) is 0 Å². The van der Waals surface area contributed by atoms with Gasteiger partial charge in [-0.05, 0) is 42.6 Å². The van der Waals surface area contributed by atoms with Crippen molar-refractivity contribution in [1.82, 2.24) is 0 Å². The quantitative estimate of drug-likeness (QED) is 0.463. The van der Waals surface area contributed by atoms with Crippen LogP contribution in [0.4, 0.5) is 0 Å². The van der Waals surface area contributed by atoms with Crippen LogP contribution in [-0.4, -0.2) is 56.9 Å². The largest absolute Gasteiger partial charge is 0.392 e. The number of rotatable bonds is 0. The van der Waals surface area contributed by atoms with Crippen molar-refractivity contribution < 1.29 is 30.0 Å². The molecule has 26 heavy (non-hydrogen) atoms. The number of fused-ring (bicyclic) bond motifs is 2. The van der Waals surface area contributed by atoms with Gasteiger partial charge in [0, 0.05) is 17.3 Å². The van der Waals surface area contributed by atoms with E-state index in [1.807, 2.05) is 13.8 Å². The Morgan fingerprint density at radius 3 is 2.50 bits per heavy atom. The number of hydrogen-bond acceptors (Lipinski definition) is 6. The summed E-state index contributed by atoms with van der Waals surface area (Å²) in [7, 11) is 0. The van der Waals surface area contributed by atoms with E-state index in [9.17, 15) is 25.2 Å². The van der Waals surface area contributed by atoms with Gasteiger partial charge in [-0.3, -0.25) is 4.79 Å². The molecule has 2 spiro atoms. The lowest BCUT2D eigenvalue weighted by Gasteiger charge is -2.74. The third-order valence-corrected chi connectivity index (χ3v) is 8.88. The number of hydrogen-bond donors (Lipinski definition) is 4. The van der Waals surface area contributed by atoms with E-state index in [-0.39, 0.29) is 12.0 Å². The first-order valence-corrected chi connectivity index (χ1v) is 9.71. The zero-order valence-electron chi connectivity index (χ0n) is 15.3. The molecule has 0 aromatic carbocycles. The van der Waals surface area contributed by atoms with Crippen molar-refractivity contribution in [3.05, 3.63) is 12.2 Å². The van der Waals surface area contributed by atoms with Gasteiger partial charge in [0.25, 0.3) is 0 Å². The Balaban J connectivity index is 1.81. The second kappa shape index (κ2) is 4.61. The van der Waals surface area contributed by atoms with Crippen LogP contribution in [0, 0.1) is 34.0 Å². The van der Waals surface area contributed by atoms with Crippen molar-refractivity contribution in [2.24, 2.45) is 34.0 Å². The van der Waals surface area contributed by atoms with Gasteiger partial charge in [-0.2, -0.15) is 0 Å². The minimum absolute atomic E-state index is 0.0966. The predicted molar refractivity (Wildman–Crippen MR) is 90.7 cm³/mol. The molecule has 6 rings (SSSR count). The molecule has 4 bridgehead atoms. The summed E-state index contributed by atoms with van der Waals surface area (Å²) in [5.74, 6) is -3.80. The molecule has 4 saturated carbocycles. The highest BCUT2D eigenvalue weighted by Gasteiger charge is 2.86. The average Bonchev–Trinajstić information content (AvgIpc) is 2.69. The molecule has 4 aliphatic carbocycles. The summed E-state index contributed by atoms with van der Waals surface area (Å²) in [5, 5.41) is 45.1. The molecule has 144 valence electrons. The highest BCUT2D eigenvalue weighted by atomic mass is 16.6. The first-order chi connectivity index (χ1) is 12.1. The van der Waals surface area contributed by atoms with E-state index in [0.717, 1.165) is 6.42 Å². The fourth-order valence-corrected chi connectivity index (χ4v) is 7.90. The Labute approximate surface area is 152 Å². The molecule has 0 aromatic heterocycles. The number of aliphatic hydroxyl groups is 4. The summed E-state index contributed by atoms with van der Waals surface area (Å²) in [6.07, 6.45) is -0.747. The topological polar surface area (TPSA) is 107 Å². The summed E-state index contributed by atoms with van der Waals surface area (Å²) in [6, 6.07) is 0. The lowest BCUT2D eigenvalue weighted by atomic mass is 9.35. The smallest absolute Gasteiger partial charge is 0.208 e. The average molecular weight is 364 g/mol. The molecule has 3 unspecified atom stereocenters. The van der Waals surface area contributed by atoms with E-state index in [0.29, 0.717) is 24.8 Å². The highest BCUT2D eigenvalue weighted by Crippen LogP contribution is 2.76. The maximum Gasteiger partial charge on any atom is 0.208 e. The molecule has 9 atom stereocenters. The van der Waals surface area contributed by atoms with Crippen LogP contribution in [0.1, 0.15) is 39.5 Å². The molecular formula is C20H28O6. The number of Topliss-reactive ketones (excluding diaryl/α,β-unsaturated/α-hetero) is 1. The van der Waals surface area contributed by atoms with Crippen molar-refractivity contribution in [1.29, 1.82) is 0 Å². The molecule has 6 nitrogen and oxygen atoms in total. The monoisotopic (exact) mass is 364 g/mol. The van der Waals surface area contributed by atoms with Gasteiger partial charge in [0.05, 0.1) is 18.8 Å². The third-order valence-electron chi connectivity index (χ3n) is 8.88. The van der Waals surface area contributed by atoms with Crippen LogP contribution in [0.3, 0.4) is 0 Å². The van der Waals surface area contributed by atoms with Gasteiger partial charge in [0.1, 0.15) is 11.5 Å². The summed E-state index contributed by atoms with van der Waals surface area (Å²) in [6.45, 7) is 8.07. The predicted octanol–water partition coefficient (Wildman–Crippen LogP) is 0.376. The Morgan fingerprint density at radius 1 is 1.12 bits per heavy atom. The number of ether oxygens (including phenoxy) is 1. The number of aliphatic hydroxyl groups excluding tert-OH is 3. The van der Waals surface area contributed by atoms with Crippen molar-refractivity contribution in [3.8, 4) is 0 Å². The van der Waals surface area contributed by atoms with Gasteiger partial charge >= 0.3 is 0 Å². The first-order valence-electron chi connectivity index (χ1n) is 9.71. The van der Waals surface area contributed by atoms with Gasteiger partial charge in [0.2, 0.25) is 5.79 Å². The van der Waals surface area contributed by atoms with Gasteiger partial charge in [-0.25, -0.2) is 0 Å². The first kappa shape index (κ1) is 17.3. The van der Waals surface area contributed by atoms with Crippen molar-refractivity contribution in [3.63, 3.8) is 0 Å². The van der Waals surface area contributed by atoms with Gasteiger partial charge in [-0.15, -0.1) is 0 Å². The Morgan fingerprint density at radius 2 is 1.81 bits per heavy atom. The van der Waals surface area contributed by atoms with Crippen LogP contribution < -0.4 is 0 Å². The molecule has 6 fully saturated rings. The van der Waals surface area contributed by atoms with Crippen molar-refractivity contribution in [2.45, 2.75) is 63.6 Å². The molecule has 2 heterocycles. The van der Waals surface area contributed by atoms with Gasteiger partial charge < -0.3 is 25.2 Å². The highest BCUT2D eigenvalue weighted by molar-refractivity contribution is 6.05. The standard InChI is InChI=1S/C20H28O6/c1-9-10-4-5-11-18-8-26-20(25,19(11,14(9)22)15(10)23)16(24)13(18)17(2,3)7-6-12(18)21/h10-13,15-16,21,23-25H,1,4-8H2,2-3H3/t10-,11?,12-,13+,15+,16-,18+,19?,20?/m0/s1. The summed E-state index contributed by atoms with van der Waals surface area (Å²) < 4.78 is 5.80. The molecule has 6 heteroatoms. The summed E-state index contributed by atoms with van der Waals surface area (Å²) in [4.78, 5) is 13.3. The summed E-state index contributed by atoms with van der Waals surface area (Å²) in [5.41, 5.74) is -2.49. The van der Waals surface area contributed by atoms with E-state index >= 15 is 0 Å². The molecule has 4 N–H and O–H groups in total. The van der Waals surface area contributed by atoms with E-state index in [4.69, 9.17) is 4.74 Å². The van der Waals surface area contributed by atoms with E-state index in [1.165, 1.54) is 0 Å². The lowest BCUT2D eigenvalue weighted by Crippen LogP contribution is -2.85. The normalized spacial score (nSPS) is 59.9. The second-order valence-corrected chi connectivity index (χ2v) is 9.97. The van der Waals surface area contributed by atoms with Crippen LogP contribution in [0.25, 0.3) is 0 Å². The molecule has 2 saturated heterocycles. The molecule has 0 aromatic rings. The fraction of sp³-hybridized carbons (Fsp3) is 0.850. The van der Waals surface area contributed by atoms with Gasteiger partial charge in [-0.1, -0.05) is 20.4 Å². The molecule has 6 aliphatic rings.